The van der Waals surface area contributed by atoms with E-state index in [1.807, 2.05) is 6.07 Å². The lowest BCUT2D eigenvalue weighted by molar-refractivity contribution is 0.0730. The quantitative estimate of drug-likeness (QED) is 0.825. The minimum absolute atomic E-state index is 0.0253. The van der Waals surface area contributed by atoms with E-state index in [0.717, 1.165) is 0 Å². The van der Waals surface area contributed by atoms with Crippen LogP contribution in [0.15, 0.2) is 45.5 Å². The summed E-state index contributed by atoms with van der Waals surface area (Å²) >= 11 is 3.15. The van der Waals surface area contributed by atoms with Gasteiger partial charge in [0.05, 0.1) is 30.9 Å². The Hall–Kier alpha value is -2.13. The Morgan fingerprint density at radius 3 is 2.86 bits per heavy atom. The number of hydrogen-bond donors (Lipinski definition) is 0. The highest BCUT2D eigenvalue weighted by molar-refractivity contribution is 9.10. The normalized spacial score (nSPS) is 10.1. The molecule has 0 N–H and O–H groups in total. The van der Waals surface area contributed by atoms with Gasteiger partial charge in [0.25, 0.3) is 5.91 Å². The fraction of sp³-hybridized carbons (Fsp3) is 0.200. The summed E-state index contributed by atoms with van der Waals surface area (Å²) < 4.78 is 19.7. The van der Waals surface area contributed by atoms with Gasteiger partial charge in [-0.15, -0.1) is 0 Å². The number of amides is 1. The van der Waals surface area contributed by atoms with E-state index in [1.165, 1.54) is 23.3 Å². The van der Waals surface area contributed by atoms with Crippen molar-refractivity contribution in [2.24, 2.45) is 0 Å². The molecule has 1 heterocycles. The first kappa shape index (κ1) is 15.3. The lowest BCUT2D eigenvalue weighted by Crippen LogP contribution is -2.32. The Balaban J connectivity index is 2.22. The van der Waals surface area contributed by atoms with Crippen molar-refractivity contribution in [1.82, 2.24) is 4.90 Å². The van der Waals surface area contributed by atoms with Crippen LogP contribution in [0.5, 0.6) is 0 Å². The first-order valence-electron chi connectivity index (χ1n) is 6.25. The minimum Gasteiger partial charge on any atom is -0.467 e. The molecule has 4 nitrogen and oxygen atoms in total. The van der Waals surface area contributed by atoms with Gasteiger partial charge >= 0.3 is 0 Å². The van der Waals surface area contributed by atoms with Gasteiger partial charge in [-0.1, -0.05) is 15.9 Å². The lowest BCUT2D eigenvalue weighted by Gasteiger charge is -2.20. The number of halogens is 2. The molecule has 0 aliphatic rings. The molecule has 0 saturated heterocycles. The summed E-state index contributed by atoms with van der Waals surface area (Å²) in [6.45, 7) is 0.411. The molecule has 0 unspecified atom stereocenters. The molecule has 0 aliphatic heterocycles. The molecule has 0 radical (unpaired) electrons. The van der Waals surface area contributed by atoms with E-state index in [-0.39, 0.29) is 25.1 Å². The van der Waals surface area contributed by atoms with Crippen LogP contribution in [0.4, 0.5) is 4.39 Å². The van der Waals surface area contributed by atoms with Crippen molar-refractivity contribution in [3.63, 3.8) is 0 Å². The largest absolute Gasteiger partial charge is 0.467 e. The first-order chi connectivity index (χ1) is 10.1. The third-order valence-electron chi connectivity index (χ3n) is 2.87. The highest BCUT2D eigenvalue weighted by Gasteiger charge is 2.20. The molecule has 2 aromatic rings. The summed E-state index contributed by atoms with van der Waals surface area (Å²) in [5.41, 5.74) is -0.0253. The van der Waals surface area contributed by atoms with Crippen LogP contribution in [-0.2, 0) is 6.54 Å². The Labute approximate surface area is 129 Å². The molecule has 0 spiro atoms. The molecule has 1 amide bonds. The SMILES string of the molecule is N#CCCN(Cc1ccco1)C(=O)c1ccc(Br)cc1F. The van der Waals surface area contributed by atoms with Crippen molar-refractivity contribution in [1.29, 1.82) is 5.26 Å². The molecule has 0 bridgehead atoms. The number of hydrogen-bond acceptors (Lipinski definition) is 3. The standard InChI is InChI=1S/C15H12BrFN2O2/c16-11-4-5-13(14(17)9-11)15(20)19(7-2-6-18)10-12-3-1-8-21-12/h1,3-5,8-9H,2,7,10H2. The van der Waals surface area contributed by atoms with Gasteiger partial charge in [-0.05, 0) is 30.3 Å². The number of rotatable bonds is 5. The van der Waals surface area contributed by atoms with Crippen LogP contribution >= 0.6 is 15.9 Å². The van der Waals surface area contributed by atoms with Gasteiger partial charge in [-0.2, -0.15) is 5.26 Å². The molecule has 1 aromatic carbocycles. The molecule has 2 rings (SSSR count). The van der Waals surface area contributed by atoms with Crippen molar-refractivity contribution < 1.29 is 13.6 Å². The third-order valence-corrected chi connectivity index (χ3v) is 3.36. The van der Waals surface area contributed by atoms with Gasteiger partial charge in [0.1, 0.15) is 11.6 Å². The maximum Gasteiger partial charge on any atom is 0.257 e. The molecule has 21 heavy (non-hydrogen) atoms. The van der Waals surface area contributed by atoms with Crippen LogP contribution in [0, 0.1) is 17.1 Å². The smallest absolute Gasteiger partial charge is 0.257 e. The van der Waals surface area contributed by atoms with Gasteiger partial charge in [0.2, 0.25) is 0 Å². The van der Waals surface area contributed by atoms with Gasteiger partial charge in [0.15, 0.2) is 0 Å². The Kier molecular flexibility index (Phi) is 5.12. The second-order valence-corrected chi connectivity index (χ2v) is 5.25. The van der Waals surface area contributed by atoms with Crippen molar-refractivity contribution in [2.45, 2.75) is 13.0 Å². The van der Waals surface area contributed by atoms with Crippen LogP contribution in [0.2, 0.25) is 0 Å². The Bertz CT molecular complexity index is 665. The van der Waals surface area contributed by atoms with Crippen LogP contribution in [0.1, 0.15) is 22.5 Å². The van der Waals surface area contributed by atoms with E-state index in [4.69, 9.17) is 9.68 Å². The van der Waals surface area contributed by atoms with E-state index >= 15 is 0 Å². The molecular weight excluding hydrogens is 339 g/mol. The van der Waals surface area contributed by atoms with E-state index in [2.05, 4.69) is 15.9 Å². The number of nitriles is 1. The summed E-state index contributed by atoms with van der Waals surface area (Å²) in [6, 6.07) is 9.68. The second-order valence-electron chi connectivity index (χ2n) is 4.34. The number of nitrogens with zero attached hydrogens (tertiary/aromatic N) is 2. The highest BCUT2D eigenvalue weighted by atomic mass is 79.9. The van der Waals surface area contributed by atoms with E-state index in [9.17, 15) is 9.18 Å². The molecule has 0 atom stereocenters. The third kappa shape index (κ3) is 3.92. The topological polar surface area (TPSA) is 57.2 Å². The molecule has 0 aliphatic carbocycles. The maximum absolute atomic E-state index is 13.9. The summed E-state index contributed by atoms with van der Waals surface area (Å²) in [5.74, 6) is -0.485. The lowest BCUT2D eigenvalue weighted by atomic mass is 10.1. The minimum atomic E-state index is -0.601. The Morgan fingerprint density at radius 2 is 2.24 bits per heavy atom. The fourth-order valence-electron chi connectivity index (χ4n) is 1.86. The predicted molar refractivity (Wildman–Crippen MR) is 77.8 cm³/mol. The molecule has 108 valence electrons. The van der Waals surface area contributed by atoms with Crippen LogP contribution in [0.3, 0.4) is 0 Å². The zero-order valence-corrected chi connectivity index (χ0v) is 12.6. The summed E-state index contributed by atoms with van der Waals surface area (Å²) in [5, 5.41) is 8.69. The fourth-order valence-corrected chi connectivity index (χ4v) is 2.19. The zero-order chi connectivity index (χ0) is 15.2. The maximum atomic E-state index is 13.9. The number of carbonyl (C=O) groups excluding carboxylic acids is 1. The van der Waals surface area contributed by atoms with Crippen molar-refractivity contribution in [3.8, 4) is 6.07 Å². The Morgan fingerprint density at radius 1 is 1.43 bits per heavy atom. The van der Waals surface area contributed by atoms with Crippen molar-refractivity contribution in [3.05, 3.63) is 58.2 Å². The van der Waals surface area contributed by atoms with Gasteiger partial charge in [-0.3, -0.25) is 4.79 Å². The van der Waals surface area contributed by atoms with Gasteiger partial charge in [0, 0.05) is 11.0 Å². The first-order valence-corrected chi connectivity index (χ1v) is 7.05. The predicted octanol–water partition coefficient (Wildman–Crippen LogP) is 3.74. The average molecular weight is 351 g/mol. The highest BCUT2D eigenvalue weighted by Crippen LogP contribution is 2.18. The summed E-state index contributed by atoms with van der Waals surface area (Å²) in [7, 11) is 0. The molecule has 6 heteroatoms. The molecule has 1 aromatic heterocycles. The summed E-state index contributed by atoms with van der Waals surface area (Å²) in [4.78, 5) is 13.8. The molecule has 0 saturated carbocycles. The van der Waals surface area contributed by atoms with Crippen molar-refractivity contribution in [2.75, 3.05) is 6.54 Å². The average Bonchev–Trinajstić information content (AvgIpc) is 2.95. The van der Waals surface area contributed by atoms with Crippen LogP contribution < -0.4 is 0 Å². The monoisotopic (exact) mass is 350 g/mol. The van der Waals surface area contributed by atoms with Crippen molar-refractivity contribution >= 4 is 21.8 Å². The zero-order valence-electron chi connectivity index (χ0n) is 11.1. The molecule has 0 fully saturated rings. The van der Waals surface area contributed by atoms with Crippen LogP contribution in [-0.4, -0.2) is 17.4 Å². The number of carbonyl (C=O) groups is 1. The summed E-state index contributed by atoms with van der Waals surface area (Å²) in [6.07, 6.45) is 1.67. The second kappa shape index (κ2) is 7.04. The van der Waals surface area contributed by atoms with E-state index in [1.54, 1.807) is 18.2 Å². The van der Waals surface area contributed by atoms with Crippen LogP contribution in [0.25, 0.3) is 0 Å². The number of furan rings is 1. The van der Waals surface area contributed by atoms with Gasteiger partial charge < -0.3 is 9.32 Å². The molecular formula is C15H12BrFN2O2. The number of benzene rings is 1. The van der Waals surface area contributed by atoms with Gasteiger partial charge in [-0.25, -0.2) is 4.39 Å². The van der Waals surface area contributed by atoms with E-state index < -0.39 is 11.7 Å². The van der Waals surface area contributed by atoms with E-state index in [0.29, 0.717) is 10.2 Å².